The molecule has 4 heteroatoms. The lowest BCUT2D eigenvalue weighted by Gasteiger charge is -2.08. The molecule has 17 heavy (non-hydrogen) atoms. The van der Waals surface area contributed by atoms with E-state index < -0.39 is 0 Å². The molecule has 2 rings (SSSR count). The predicted octanol–water partition coefficient (Wildman–Crippen LogP) is 2.26. The third kappa shape index (κ3) is 2.41. The van der Waals surface area contributed by atoms with E-state index in [0.29, 0.717) is 11.5 Å². The number of aryl methyl sites for hydroxylation is 1. The van der Waals surface area contributed by atoms with E-state index in [1.807, 2.05) is 26.8 Å². The molecule has 0 saturated carbocycles. The van der Waals surface area contributed by atoms with Gasteiger partial charge in [0.15, 0.2) is 0 Å². The van der Waals surface area contributed by atoms with Crippen LogP contribution in [0.1, 0.15) is 31.2 Å². The van der Waals surface area contributed by atoms with E-state index >= 15 is 0 Å². The van der Waals surface area contributed by atoms with E-state index in [4.69, 9.17) is 0 Å². The standard InChI is InChI=1S/C13H15N3O/c1-8(2)13-15-11(6-12(17)16-13)10-4-5-14-7-9(10)3/h4-8H,1-3H3,(H,15,16,17). The van der Waals surface area contributed by atoms with E-state index in [2.05, 4.69) is 15.0 Å². The lowest BCUT2D eigenvalue weighted by atomic mass is 10.1. The maximum absolute atomic E-state index is 11.6. The number of nitrogens with zero attached hydrogens (tertiary/aromatic N) is 2. The molecular weight excluding hydrogens is 214 g/mol. The molecular formula is C13H15N3O. The minimum Gasteiger partial charge on any atom is -0.310 e. The highest BCUT2D eigenvalue weighted by atomic mass is 16.1. The van der Waals surface area contributed by atoms with Crippen molar-refractivity contribution in [1.82, 2.24) is 15.0 Å². The fourth-order valence-electron chi connectivity index (χ4n) is 1.65. The second-order valence-electron chi connectivity index (χ2n) is 4.36. The van der Waals surface area contributed by atoms with E-state index in [1.54, 1.807) is 12.4 Å². The highest BCUT2D eigenvalue weighted by Crippen LogP contribution is 2.20. The summed E-state index contributed by atoms with van der Waals surface area (Å²) >= 11 is 0. The molecule has 2 aromatic rings. The van der Waals surface area contributed by atoms with Crippen molar-refractivity contribution in [3.63, 3.8) is 0 Å². The largest absolute Gasteiger partial charge is 0.310 e. The fourth-order valence-corrected chi connectivity index (χ4v) is 1.65. The van der Waals surface area contributed by atoms with Gasteiger partial charge in [0, 0.05) is 29.9 Å². The predicted molar refractivity (Wildman–Crippen MR) is 66.9 cm³/mol. The van der Waals surface area contributed by atoms with Crippen LogP contribution in [0.4, 0.5) is 0 Å². The molecule has 0 saturated heterocycles. The molecule has 88 valence electrons. The van der Waals surface area contributed by atoms with Gasteiger partial charge in [0.2, 0.25) is 0 Å². The Hall–Kier alpha value is -1.97. The summed E-state index contributed by atoms with van der Waals surface area (Å²) in [6.07, 6.45) is 3.48. The number of hydrogen-bond acceptors (Lipinski definition) is 3. The maximum Gasteiger partial charge on any atom is 0.251 e. The van der Waals surface area contributed by atoms with Crippen LogP contribution >= 0.6 is 0 Å². The minimum absolute atomic E-state index is 0.116. The van der Waals surface area contributed by atoms with Gasteiger partial charge in [0.25, 0.3) is 5.56 Å². The van der Waals surface area contributed by atoms with Crippen molar-refractivity contribution in [2.75, 3.05) is 0 Å². The van der Waals surface area contributed by atoms with E-state index in [1.165, 1.54) is 6.07 Å². The van der Waals surface area contributed by atoms with Gasteiger partial charge in [-0.15, -0.1) is 0 Å². The average Bonchev–Trinajstić information content (AvgIpc) is 2.28. The molecule has 1 N–H and O–H groups in total. The Bertz CT molecular complexity index is 587. The molecule has 0 amide bonds. The quantitative estimate of drug-likeness (QED) is 0.859. The van der Waals surface area contributed by atoms with Crippen molar-refractivity contribution >= 4 is 0 Å². The van der Waals surface area contributed by atoms with Gasteiger partial charge in [-0.05, 0) is 18.6 Å². The van der Waals surface area contributed by atoms with Gasteiger partial charge in [0.05, 0.1) is 5.69 Å². The molecule has 0 bridgehead atoms. The summed E-state index contributed by atoms with van der Waals surface area (Å²) in [5.41, 5.74) is 2.56. The third-order valence-corrected chi connectivity index (χ3v) is 2.60. The Kier molecular flexibility index (Phi) is 3.04. The average molecular weight is 229 g/mol. The Morgan fingerprint density at radius 3 is 2.76 bits per heavy atom. The Balaban J connectivity index is 2.60. The Morgan fingerprint density at radius 1 is 1.35 bits per heavy atom. The van der Waals surface area contributed by atoms with Crippen LogP contribution in [-0.2, 0) is 0 Å². The summed E-state index contributed by atoms with van der Waals surface area (Å²) in [6, 6.07) is 3.40. The van der Waals surface area contributed by atoms with Gasteiger partial charge in [-0.2, -0.15) is 0 Å². The maximum atomic E-state index is 11.6. The molecule has 0 aromatic carbocycles. The normalized spacial score (nSPS) is 10.8. The molecule has 0 aliphatic heterocycles. The monoisotopic (exact) mass is 229 g/mol. The van der Waals surface area contributed by atoms with Crippen molar-refractivity contribution in [3.05, 3.63) is 46.3 Å². The molecule has 0 spiro atoms. The van der Waals surface area contributed by atoms with Crippen LogP contribution < -0.4 is 5.56 Å². The lowest BCUT2D eigenvalue weighted by molar-refractivity contribution is 0.768. The molecule has 4 nitrogen and oxygen atoms in total. The van der Waals surface area contributed by atoms with E-state index in [-0.39, 0.29) is 11.5 Å². The van der Waals surface area contributed by atoms with Gasteiger partial charge in [-0.1, -0.05) is 13.8 Å². The van der Waals surface area contributed by atoms with E-state index in [9.17, 15) is 4.79 Å². The molecule has 2 heterocycles. The second kappa shape index (κ2) is 4.49. The number of hydrogen-bond donors (Lipinski definition) is 1. The van der Waals surface area contributed by atoms with Gasteiger partial charge in [-0.25, -0.2) is 4.98 Å². The number of aromatic amines is 1. The Morgan fingerprint density at radius 2 is 2.12 bits per heavy atom. The summed E-state index contributed by atoms with van der Waals surface area (Å²) in [5, 5.41) is 0. The van der Waals surface area contributed by atoms with Crippen molar-refractivity contribution < 1.29 is 0 Å². The number of pyridine rings is 1. The van der Waals surface area contributed by atoms with Crippen molar-refractivity contribution in [2.24, 2.45) is 0 Å². The number of nitrogens with one attached hydrogen (secondary N) is 1. The van der Waals surface area contributed by atoms with Crippen LogP contribution in [0.25, 0.3) is 11.3 Å². The van der Waals surface area contributed by atoms with Crippen molar-refractivity contribution in [2.45, 2.75) is 26.7 Å². The van der Waals surface area contributed by atoms with Gasteiger partial charge in [-0.3, -0.25) is 9.78 Å². The molecule has 0 unspecified atom stereocenters. The topological polar surface area (TPSA) is 58.6 Å². The van der Waals surface area contributed by atoms with Crippen LogP contribution in [0.2, 0.25) is 0 Å². The van der Waals surface area contributed by atoms with Crippen molar-refractivity contribution in [1.29, 1.82) is 0 Å². The summed E-state index contributed by atoms with van der Waals surface area (Å²) in [4.78, 5) is 22.9. The van der Waals surface area contributed by atoms with Crippen LogP contribution in [-0.4, -0.2) is 15.0 Å². The van der Waals surface area contributed by atoms with Crippen LogP contribution in [0.15, 0.2) is 29.3 Å². The number of rotatable bonds is 2. The first kappa shape index (κ1) is 11.5. The number of H-pyrrole nitrogens is 1. The molecule has 0 aliphatic carbocycles. The summed E-state index contributed by atoms with van der Waals surface area (Å²) in [6.45, 7) is 5.96. The smallest absolute Gasteiger partial charge is 0.251 e. The van der Waals surface area contributed by atoms with Crippen LogP contribution in [0.5, 0.6) is 0 Å². The van der Waals surface area contributed by atoms with Crippen LogP contribution in [0, 0.1) is 6.92 Å². The van der Waals surface area contributed by atoms with Gasteiger partial charge in [0.1, 0.15) is 5.82 Å². The zero-order valence-electron chi connectivity index (χ0n) is 10.2. The molecule has 0 radical (unpaired) electrons. The zero-order valence-corrected chi connectivity index (χ0v) is 10.2. The van der Waals surface area contributed by atoms with E-state index in [0.717, 1.165) is 11.1 Å². The third-order valence-electron chi connectivity index (χ3n) is 2.60. The van der Waals surface area contributed by atoms with Crippen molar-refractivity contribution in [3.8, 4) is 11.3 Å². The first-order valence-electron chi connectivity index (χ1n) is 5.60. The molecule has 0 aliphatic rings. The van der Waals surface area contributed by atoms with Crippen LogP contribution in [0.3, 0.4) is 0 Å². The summed E-state index contributed by atoms with van der Waals surface area (Å²) < 4.78 is 0. The highest BCUT2D eigenvalue weighted by molar-refractivity contribution is 5.62. The Labute approximate surface area is 99.8 Å². The summed E-state index contributed by atoms with van der Waals surface area (Å²) in [5.74, 6) is 0.911. The first-order valence-corrected chi connectivity index (χ1v) is 5.60. The minimum atomic E-state index is -0.116. The van der Waals surface area contributed by atoms with Gasteiger partial charge < -0.3 is 4.98 Å². The van der Waals surface area contributed by atoms with Gasteiger partial charge >= 0.3 is 0 Å². The molecule has 0 fully saturated rings. The molecule has 2 aromatic heterocycles. The fraction of sp³-hybridized carbons (Fsp3) is 0.308. The number of aromatic nitrogens is 3. The first-order chi connectivity index (χ1) is 8.08. The summed E-state index contributed by atoms with van der Waals surface area (Å²) in [7, 11) is 0. The SMILES string of the molecule is Cc1cnccc1-c1cc(=O)[nH]c(C(C)C)n1. The molecule has 0 atom stereocenters. The lowest BCUT2D eigenvalue weighted by Crippen LogP contribution is -2.12. The highest BCUT2D eigenvalue weighted by Gasteiger charge is 2.08. The second-order valence-corrected chi connectivity index (χ2v) is 4.36. The zero-order chi connectivity index (χ0) is 12.4.